The molecular weight excluding hydrogens is 502 g/mol. The van der Waals surface area contributed by atoms with E-state index in [2.05, 4.69) is 10.3 Å². The fraction of sp³-hybridized carbons (Fsp3) is 0.103. The van der Waals surface area contributed by atoms with Crippen LogP contribution >= 0.6 is 11.3 Å². The number of esters is 1. The van der Waals surface area contributed by atoms with Crippen LogP contribution in [0.25, 0.3) is 33.4 Å². The molecule has 1 N–H and O–H groups in total. The number of fused-ring (bicyclic) bond motifs is 1. The summed E-state index contributed by atoms with van der Waals surface area (Å²) in [6.07, 6.45) is 0. The Balaban J connectivity index is 1.34. The summed E-state index contributed by atoms with van der Waals surface area (Å²) in [7, 11) is 3.12. The smallest absolute Gasteiger partial charge is 0.339 e. The molecule has 38 heavy (non-hydrogen) atoms. The van der Waals surface area contributed by atoms with Crippen LogP contribution in [0.5, 0.6) is 11.5 Å². The van der Waals surface area contributed by atoms with E-state index < -0.39 is 18.5 Å². The van der Waals surface area contributed by atoms with Gasteiger partial charge >= 0.3 is 5.97 Å². The quantitative estimate of drug-likeness (QED) is 0.254. The predicted molar refractivity (Wildman–Crippen MR) is 147 cm³/mol. The molecule has 0 bridgehead atoms. The Morgan fingerprint density at radius 3 is 2.37 bits per heavy atom. The number of aromatic nitrogens is 2. The third kappa shape index (κ3) is 5.33. The topological polar surface area (TPSA) is 99.6 Å². The van der Waals surface area contributed by atoms with Crippen molar-refractivity contribution in [3.05, 3.63) is 89.8 Å². The largest absolute Gasteiger partial charge is 0.493 e. The van der Waals surface area contributed by atoms with Gasteiger partial charge in [-0.15, -0.1) is 11.3 Å². The Kier molecular flexibility index (Phi) is 7.28. The number of methoxy groups -OCH3 is 2. The number of nitrogens with one attached hydrogen (secondary N) is 1. The van der Waals surface area contributed by atoms with Gasteiger partial charge in [0.2, 0.25) is 0 Å². The van der Waals surface area contributed by atoms with Gasteiger partial charge in [-0.3, -0.25) is 10.1 Å². The maximum absolute atomic E-state index is 13.1. The van der Waals surface area contributed by atoms with E-state index in [-0.39, 0.29) is 0 Å². The number of para-hydroxylation sites is 1. The summed E-state index contributed by atoms with van der Waals surface area (Å²) in [5.74, 6) is 0.00699. The molecule has 0 aliphatic carbocycles. The molecule has 0 saturated heterocycles. The number of hydrogen-bond donors (Lipinski definition) is 1. The zero-order valence-electron chi connectivity index (χ0n) is 20.6. The van der Waals surface area contributed by atoms with Crippen molar-refractivity contribution in [3.8, 4) is 34.0 Å². The molecular formula is C29H23N3O5S. The molecule has 8 nitrogen and oxygen atoms in total. The van der Waals surface area contributed by atoms with E-state index in [1.165, 1.54) is 11.3 Å². The van der Waals surface area contributed by atoms with Crippen molar-refractivity contribution in [3.63, 3.8) is 0 Å². The summed E-state index contributed by atoms with van der Waals surface area (Å²) in [6.45, 7) is -0.457. The highest BCUT2D eigenvalue weighted by Crippen LogP contribution is 2.33. The number of hydrogen-bond acceptors (Lipinski definition) is 8. The van der Waals surface area contributed by atoms with Gasteiger partial charge in [0.1, 0.15) is 0 Å². The van der Waals surface area contributed by atoms with Crippen molar-refractivity contribution in [2.45, 2.75) is 0 Å². The lowest BCUT2D eigenvalue weighted by Gasteiger charge is -2.12. The Morgan fingerprint density at radius 2 is 1.58 bits per heavy atom. The molecule has 0 fully saturated rings. The normalized spacial score (nSPS) is 10.7. The lowest BCUT2D eigenvalue weighted by Crippen LogP contribution is -2.21. The van der Waals surface area contributed by atoms with Crippen LogP contribution in [0.4, 0.5) is 5.13 Å². The minimum atomic E-state index is -0.635. The Hall–Kier alpha value is -4.76. The fourth-order valence-corrected chi connectivity index (χ4v) is 4.66. The van der Waals surface area contributed by atoms with Gasteiger partial charge in [-0.05, 0) is 30.3 Å². The number of ether oxygens (including phenoxy) is 3. The van der Waals surface area contributed by atoms with Gasteiger partial charge in [-0.25, -0.2) is 14.8 Å². The van der Waals surface area contributed by atoms with Gasteiger partial charge in [0.25, 0.3) is 5.91 Å². The number of rotatable bonds is 8. The summed E-state index contributed by atoms with van der Waals surface area (Å²) in [4.78, 5) is 34.8. The van der Waals surface area contributed by atoms with Gasteiger partial charge < -0.3 is 14.2 Å². The number of thiazole rings is 1. The van der Waals surface area contributed by atoms with Crippen molar-refractivity contribution in [2.24, 2.45) is 0 Å². The lowest BCUT2D eigenvalue weighted by molar-refractivity contribution is -0.119. The Morgan fingerprint density at radius 1 is 0.816 bits per heavy atom. The molecule has 9 heteroatoms. The van der Waals surface area contributed by atoms with Gasteiger partial charge in [0.15, 0.2) is 23.2 Å². The van der Waals surface area contributed by atoms with Crippen LogP contribution in [-0.2, 0) is 9.53 Å². The summed E-state index contributed by atoms with van der Waals surface area (Å²) in [5, 5.41) is 5.59. The van der Waals surface area contributed by atoms with Crippen LogP contribution in [0.2, 0.25) is 0 Å². The first-order valence-electron chi connectivity index (χ1n) is 11.7. The number of carbonyl (C=O) groups excluding carboxylic acids is 2. The van der Waals surface area contributed by atoms with E-state index in [1.807, 2.05) is 60.0 Å². The van der Waals surface area contributed by atoms with E-state index in [1.54, 1.807) is 38.5 Å². The molecule has 1 amide bonds. The van der Waals surface area contributed by atoms with Crippen molar-refractivity contribution in [1.29, 1.82) is 0 Å². The van der Waals surface area contributed by atoms with Crippen LogP contribution in [-0.4, -0.2) is 42.7 Å². The number of anilines is 1. The zero-order valence-corrected chi connectivity index (χ0v) is 21.5. The molecule has 0 radical (unpaired) electrons. The average Bonchev–Trinajstić information content (AvgIpc) is 3.43. The molecule has 2 heterocycles. The van der Waals surface area contributed by atoms with Crippen LogP contribution in [0.15, 0.2) is 84.2 Å². The summed E-state index contributed by atoms with van der Waals surface area (Å²) < 4.78 is 16.1. The monoisotopic (exact) mass is 525 g/mol. The van der Waals surface area contributed by atoms with Crippen molar-refractivity contribution in [1.82, 2.24) is 9.97 Å². The third-order valence-corrected chi connectivity index (χ3v) is 6.53. The second-order valence-electron chi connectivity index (χ2n) is 8.17. The zero-order chi connectivity index (χ0) is 26.5. The highest BCUT2D eigenvalue weighted by Gasteiger charge is 2.18. The molecule has 5 aromatic rings. The summed E-state index contributed by atoms with van der Waals surface area (Å²) >= 11 is 1.30. The SMILES string of the molecule is COc1ccc(-c2cc(C(=O)OCC(=O)Nc3nc(-c4ccccc4)cs3)c3ccccc3n2)cc1OC. The van der Waals surface area contributed by atoms with Crippen molar-refractivity contribution in [2.75, 3.05) is 26.1 Å². The minimum absolute atomic E-state index is 0.300. The van der Waals surface area contributed by atoms with E-state index >= 15 is 0 Å². The van der Waals surface area contributed by atoms with Crippen molar-refractivity contribution < 1.29 is 23.8 Å². The highest BCUT2D eigenvalue weighted by atomic mass is 32.1. The predicted octanol–water partition coefficient (Wildman–Crippen LogP) is 5.84. The molecule has 3 aromatic carbocycles. The molecule has 0 saturated carbocycles. The number of benzene rings is 3. The molecule has 0 aliphatic rings. The van der Waals surface area contributed by atoms with E-state index in [9.17, 15) is 9.59 Å². The Labute approximate surface area is 222 Å². The van der Waals surface area contributed by atoms with Gasteiger partial charge in [-0.2, -0.15) is 0 Å². The molecule has 190 valence electrons. The van der Waals surface area contributed by atoms with Crippen LogP contribution < -0.4 is 14.8 Å². The average molecular weight is 526 g/mol. The van der Waals surface area contributed by atoms with Crippen LogP contribution in [0.1, 0.15) is 10.4 Å². The fourth-order valence-electron chi connectivity index (χ4n) is 3.92. The van der Waals surface area contributed by atoms with Gasteiger partial charge in [-0.1, -0.05) is 48.5 Å². The number of nitrogens with zero attached hydrogens (tertiary/aromatic N) is 2. The summed E-state index contributed by atoms with van der Waals surface area (Å²) in [5.41, 5.74) is 3.91. The number of carbonyl (C=O) groups is 2. The second-order valence-corrected chi connectivity index (χ2v) is 9.03. The first-order valence-corrected chi connectivity index (χ1v) is 12.5. The molecule has 2 aromatic heterocycles. The standard InChI is InChI=1S/C29H23N3O5S/c1-35-25-13-12-19(14-26(25)36-2)23-15-21(20-10-6-7-11-22(20)30-23)28(34)37-16-27(33)32-29-31-24(17-38-29)18-8-4-3-5-9-18/h3-15,17H,16H2,1-2H3,(H,31,32,33). The molecule has 0 spiro atoms. The molecule has 5 rings (SSSR count). The lowest BCUT2D eigenvalue weighted by atomic mass is 10.0. The second kappa shape index (κ2) is 11.1. The summed E-state index contributed by atoms with van der Waals surface area (Å²) in [6, 6.07) is 24.0. The minimum Gasteiger partial charge on any atom is -0.493 e. The van der Waals surface area contributed by atoms with Gasteiger partial charge in [0.05, 0.1) is 36.7 Å². The molecule has 0 aliphatic heterocycles. The maximum Gasteiger partial charge on any atom is 0.339 e. The van der Waals surface area contributed by atoms with Crippen molar-refractivity contribution >= 4 is 39.2 Å². The molecule has 0 atom stereocenters. The first-order chi connectivity index (χ1) is 18.6. The number of pyridine rings is 1. The third-order valence-electron chi connectivity index (χ3n) is 5.77. The van der Waals surface area contributed by atoms with Crippen LogP contribution in [0.3, 0.4) is 0 Å². The first kappa shape index (κ1) is 24.9. The number of amides is 1. The molecule has 0 unspecified atom stereocenters. The van der Waals surface area contributed by atoms with Crippen LogP contribution in [0, 0.1) is 0 Å². The Bertz CT molecular complexity index is 1620. The van der Waals surface area contributed by atoms with E-state index in [0.717, 1.165) is 16.8 Å². The van der Waals surface area contributed by atoms with E-state index in [0.29, 0.717) is 38.8 Å². The maximum atomic E-state index is 13.1. The van der Waals surface area contributed by atoms with E-state index in [4.69, 9.17) is 19.2 Å². The highest BCUT2D eigenvalue weighted by molar-refractivity contribution is 7.14. The van der Waals surface area contributed by atoms with Gasteiger partial charge in [0, 0.05) is 21.9 Å².